The van der Waals surface area contributed by atoms with E-state index in [9.17, 15) is 0 Å². The lowest BCUT2D eigenvalue weighted by Gasteiger charge is -2.05. The van der Waals surface area contributed by atoms with Gasteiger partial charge in [-0.05, 0) is 27.1 Å². The van der Waals surface area contributed by atoms with E-state index in [0.717, 1.165) is 25.9 Å². The van der Waals surface area contributed by atoms with Crippen LogP contribution >= 0.6 is 0 Å². The van der Waals surface area contributed by atoms with Gasteiger partial charge in [0.15, 0.2) is 0 Å². The van der Waals surface area contributed by atoms with E-state index in [4.69, 9.17) is 24.9 Å². The van der Waals surface area contributed by atoms with Gasteiger partial charge in [-0.25, -0.2) is 0 Å². The van der Waals surface area contributed by atoms with E-state index < -0.39 is 0 Å². The molecule has 0 aliphatic carbocycles. The molecule has 0 aromatic heterocycles. The SMILES string of the molecule is [B][B]CCN(C)C.[B][B]OCCCOC. The van der Waals surface area contributed by atoms with E-state index in [1.54, 1.807) is 14.3 Å². The Hall–Kier alpha value is 0.140. The summed E-state index contributed by atoms with van der Waals surface area (Å²) >= 11 is 0. The Morgan fingerprint density at radius 3 is 2.20 bits per heavy atom. The summed E-state index contributed by atoms with van der Waals surface area (Å²) in [5.74, 6) is 0. The number of nitrogens with zero attached hydrogens (tertiary/aromatic N) is 1. The first-order valence-electron chi connectivity index (χ1n) is 5.01. The van der Waals surface area contributed by atoms with Gasteiger partial charge in [0, 0.05) is 28.1 Å². The number of hydrogen-bond donors (Lipinski definition) is 0. The molecule has 0 rings (SSSR count). The van der Waals surface area contributed by atoms with Crippen LogP contribution in [0.25, 0.3) is 0 Å². The van der Waals surface area contributed by atoms with Crippen LogP contribution in [0.15, 0.2) is 0 Å². The van der Waals surface area contributed by atoms with Gasteiger partial charge in [0.1, 0.15) is 0 Å². The molecule has 80 valence electrons. The van der Waals surface area contributed by atoms with Crippen molar-refractivity contribution in [1.29, 1.82) is 0 Å². The van der Waals surface area contributed by atoms with E-state index >= 15 is 0 Å². The standard InChI is InChI=1S/C4H10B2N.C4H9B2O2/c1-7(2)4-3-6-5;1-7-3-2-4-8-6-5/h3-4H2,1-2H3;2-4H2,1H3. The van der Waals surface area contributed by atoms with Crippen molar-refractivity contribution in [2.45, 2.75) is 12.7 Å². The van der Waals surface area contributed by atoms with Gasteiger partial charge in [0.2, 0.25) is 7.37 Å². The number of hydrogen-bond acceptors (Lipinski definition) is 3. The minimum absolute atomic E-state index is 0.643. The lowest BCUT2D eigenvalue weighted by molar-refractivity contribution is 0.175. The number of methoxy groups -OCH3 is 1. The molecule has 0 spiro atoms. The van der Waals surface area contributed by atoms with Gasteiger partial charge in [-0.3, -0.25) is 0 Å². The summed E-state index contributed by atoms with van der Waals surface area (Å²) in [6.45, 7) is 2.43. The molecular formula is C8H19B4NO2. The van der Waals surface area contributed by atoms with Gasteiger partial charge in [-0.1, -0.05) is 6.32 Å². The van der Waals surface area contributed by atoms with Crippen molar-refractivity contribution in [2.24, 2.45) is 0 Å². The van der Waals surface area contributed by atoms with Gasteiger partial charge in [-0.15, -0.1) is 0 Å². The monoisotopic (exact) mass is 205 g/mol. The Kier molecular flexibility index (Phi) is 19.4. The van der Waals surface area contributed by atoms with Crippen molar-refractivity contribution in [3.8, 4) is 0 Å². The average Bonchev–Trinajstić information content (AvgIpc) is 2.22. The molecule has 0 saturated carbocycles. The quantitative estimate of drug-likeness (QED) is 0.393. The van der Waals surface area contributed by atoms with Crippen LogP contribution in [0.4, 0.5) is 0 Å². The van der Waals surface area contributed by atoms with Gasteiger partial charge >= 0.3 is 0 Å². The van der Waals surface area contributed by atoms with Crippen LogP contribution in [0.2, 0.25) is 6.32 Å². The molecule has 15 heavy (non-hydrogen) atoms. The number of rotatable bonds is 8. The van der Waals surface area contributed by atoms with Crippen LogP contribution in [-0.2, 0) is 9.39 Å². The van der Waals surface area contributed by atoms with Crippen molar-refractivity contribution < 1.29 is 9.39 Å². The van der Waals surface area contributed by atoms with Crippen molar-refractivity contribution in [1.82, 2.24) is 4.90 Å². The van der Waals surface area contributed by atoms with E-state index in [0.29, 0.717) is 6.61 Å². The summed E-state index contributed by atoms with van der Waals surface area (Å²) in [6.07, 6.45) is 1.87. The highest BCUT2D eigenvalue weighted by molar-refractivity contribution is 6.89. The zero-order chi connectivity index (χ0) is 11.9. The Morgan fingerprint density at radius 1 is 1.20 bits per heavy atom. The number of ether oxygens (including phenoxy) is 1. The lowest BCUT2D eigenvalue weighted by Crippen LogP contribution is -2.14. The van der Waals surface area contributed by atoms with Crippen molar-refractivity contribution in [3.05, 3.63) is 0 Å². The molecular weight excluding hydrogens is 185 g/mol. The fourth-order valence-corrected chi connectivity index (χ4v) is 0.687. The molecule has 3 nitrogen and oxygen atoms in total. The van der Waals surface area contributed by atoms with Crippen LogP contribution in [0.5, 0.6) is 0 Å². The molecule has 0 aliphatic heterocycles. The largest absolute Gasteiger partial charge is 0.452 e. The van der Waals surface area contributed by atoms with E-state index in [-0.39, 0.29) is 0 Å². The fourth-order valence-electron chi connectivity index (χ4n) is 0.687. The van der Waals surface area contributed by atoms with E-state index in [2.05, 4.69) is 4.90 Å². The highest BCUT2D eigenvalue weighted by atomic mass is 16.5. The molecule has 0 heterocycles. The summed E-state index contributed by atoms with van der Waals surface area (Å²) < 4.78 is 9.46. The Morgan fingerprint density at radius 2 is 1.87 bits per heavy atom. The fraction of sp³-hybridized carbons (Fsp3) is 1.00. The average molecular weight is 204 g/mol. The summed E-state index contributed by atoms with van der Waals surface area (Å²) in [4.78, 5) is 2.10. The predicted molar refractivity (Wildman–Crippen MR) is 68.8 cm³/mol. The summed E-state index contributed by atoms with van der Waals surface area (Å²) in [5, 5.41) is 0. The normalized spacial score (nSPS) is 9.33. The summed E-state index contributed by atoms with van der Waals surface area (Å²) in [7, 11) is 18.6. The third-order valence-electron chi connectivity index (χ3n) is 1.45. The maximum Gasteiger partial charge on any atom is 0.230 e. The molecule has 7 heteroatoms. The minimum atomic E-state index is 0.643. The smallest absolute Gasteiger partial charge is 0.230 e. The first-order valence-corrected chi connectivity index (χ1v) is 5.01. The van der Waals surface area contributed by atoms with Crippen LogP contribution in [0, 0.1) is 0 Å². The molecule has 0 aromatic carbocycles. The van der Waals surface area contributed by atoms with E-state index in [1.165, 1.54) is 7.37 Å². The molecule has 0 saturated heterocycles. The molecule has 0 fully saturated rings. The third-order valence-corrected chi connectivity index (χ3v) is 1.45. The van der Waals surface area contributed by atoms with E-state index in [1.807, 2.05) is 14.1 Å². The van der Waals surface area contributed by atoms with Crippen molar-refractivity contribution >= 4 is 30.0 Å². The van der Waals surface area contributed by atoms with Crippen LogP contribution in [0.3, 0.4) is 0 Å². The van der Waals surface area contributed by atoms with Crippen LogP contribution in [0.1, 0.15) is 6.42 Å². The molecule has 0 aliphatic rings. The maximum absolute atomic E-state index is 5.13. The third kappa shape index (κ3) is 24.9. The second-order valence-electron chi connectivity index (χ2n) is 3.18. The van der Waals surface area contributed by atoms with Crippen LogP contribution in [-0.4, -0.2) is 75.9 Å². The molecule has 0 bridgehead atoms. The Bertz CT molecular complexity index is 103. The highest BCUT2D eigenvalue weighted by Gasteiger charge is 1.84. The first kappa shape index (κ1) is 17.5. The van der Waals surface area contributed by atoms with Gasteiger partial charge in [0.25, 0.3) is 0 Å². The Labute approximate surface area is 98.6 Å². The second-order valence-corrected chi connectivity index (χ2v) is 3.18. The summed E-state index contributed by atoms with van der Waals surface area (Å²) in [5.41, 5.74) is 0. The minimum Gasteiger partial charge on any atom is -0.452 e. The van der Waals surface area contributed by atoms with Gasteiger partial charge < -0.3 is 14.3 Å². The van der Waals surface area contributed by atoms with Gasteiger partial charge in [-0.2, -0.15) is 0 Å². The maximum atomic E-state index is 5.13. The molecule has 0 unspecified atom stereocenters. The molecule has 0 N–H and O–H groups in total. The zero-order valence-corrected chi connectivity index (χ0v) is 10.1. The van der Waals surface area contributed by atoms with Gasteiger partial charge in [0.05, 0.1) is 14.9 Å². The lowest BCUT2D eigenvalue weighted by atomic mass is 9.54. The van der Waals surface area contributed by atoms with Crippen molar-refractivity contribution in [3.63, 3.8) is 0 Å². The zero-order valence-electron chi connectivity index (χ0n) is 10.1. The molecule has 0 atom stereocenters. The topological polar surface area (TPSA) is 21.7 Å². The molecule has 6 radical (unpaired) electrons. The molecule has 0 aromatic rings. The highest BCUT2D eigenvalue weighted by Crippen LogP contribution is 1.79. The molecule has 0 amide bonds. The first-order chi connectivity index (χ1) is 7.18. The van der Waals surface area contributed by atoms with Crippen molar-refractivity contribution in [2.75, 3.05) is 41.0 Å². The van der Waals surface area contributed by atoms with Crippen LogP contribution < -0.4 is 0 Å². The summed E-state index contributed by atoms with van der Waals surface area (Å²) in [6, 6.07) is 0. The second kappa shape index (κ2) is 16.6. The predicted octanol–water partition coefficient (Wildman–Crippen LogP) is -0.504. The Balaban J connectivity index is 0.